The second kappa shape index (κ2) is 5.68. The van der Waals surface area contributed by atoms with E-state index < -0.39 is 0 Å². The van der Waals surface area contributed by atoms with Gasteiger partial charge < -0.3 is 10.2 Å². The van der Waals surface area contributed by atoms with Crippen LogP contribution in [0.5, 0.6) is 0 Å². The minimum absolute atomic E-state index is 0.427. The van der Waals surface area contributed by atoms with E-state index in [0.717, 1.165) is 16.8 Å². The summed E-state index contributed by atoms with van der Waals surface area (Å²) < 4.78 is 7.28. The summed E-state index contributed by atoms with van der Waals surface area (Å²) in [4.78, 5) is 0. The molecule has 0 radical (unpaired) electrons. The molecule has 0 fully saturated rings. The summed E-state index contributed by atoms with van der Waals surface area (Å²) in [5, 5.41) is 15.7. The summed E-state index contributed by atoms with van der Waals surface area (Å²) in [6, 6.07) is 7.59. The standard InChI is InChI=1S/C14H14N6O/c1-10(6-7-15)13-17-18-14(21-13)11-2-4-12(5-3-11)20-9-8-16-19-20/h2-5,8-9H,1,6-7,15H2. The zero-order valence-electron chi connectivity index (χ0n) is 11.3. The van der Waals surface area contributed by atoms with Gasteiger partial charge in [-0.25, -0.2) is 4.68 Å². The Morgan fingerprint density at radius 3 is 2.71 bits per heavy atom. The van der Waals surface area contributed by atoms with Crippen LogP contribution in [0, 0.1) is 0 Å². The van der Waals surface area contributed by atoms with Gasteiger partial charge in [-0.15, -0.1) is 15.3 Å². The molecular weight excluding hydrogens is 268 g/mol. The molecule has 0 unspecified atom stereocenters. The van der Waals surface area contributed by atoms with Crippen molar-refractivity contribution in [1.29, 1.82) is 0 Å². The predicted molar refractivity (Wildman–Crippen MR) is 77.4 cm³/mol. The van der Waals surface area contributed by atoms with Gasteiger partial charge in [0.1, 0.15) is 0 Å². The van der Waals surface area contributed by atoms with Gasteiger partial charge in [-0.2, -0.15) is 0 Å². The second-order valence-corrected chi connectivity index (χ2v) is 4.45. The van der Waals surface area contributed by atoms with Gasteiger partial charge in [0.15, 0.2) is 0 Å². The van der Waals surface area contributed by atoms with Crippen molar-refractivity contribution in [3.8, 4) is 17.1 Å². The van der Waals surface area contributed by atoms with Crippen LogP contribution in [0.3, 0.4) is 0 Å². The van der Waals surface area contributed by atoms with Gasteiger partial charge >= 0.3 is 0 Å². The van der Waals surface area contributed by atoms with Gasteiger partial charge in [0.25, 0.3) is 0 Å². The van der Waals surface area contributed by atoms with Gasteiger partial charge in [0, 0.05) is 11.1 Å². The van der Waals surface area contributed by atoms with E-state index in [-0.39, 0.29) is 0 Å². The van der Waals surface area contributed by atoms with Gasteiger partial charge in [0.05, 0.1) is 18.1 Å². The smallest absolute Gasteiger partial charge is 0.248 e. The van der Waals surface area contributed by atoms with E-state index in [1.807, 2.05) is 24.3 Å². The molecule has 0 amide bonds. The van der Waals surface area contributed by atoms with E-state index in [2.05, 4.69) is 27.1 Å². The molecule has 0 aliphatic rings. The summed E-state index contributed by atoms with van der Waals surface area (Å²) in [5.41, 5.74) is 7.97. The van der Waals surface area contributed by atoms with Crippen molar-refractivity contribution in [2.45, 2.75) is 6.42 Å². The fraction of sp³-hybridized carbons (Fsp3) is 0.143. The Labute approximate surface area is 121 Å². The van der Waals surface area contributed by atoms with Crippen LogP contribution in [0.2, 0.25) is 0 Å². The molecule has 0 bridgehead atoms. The lowest BCUT2D eigenvalue weighted by Crippen LogP contribution is -1.99. The number of nitrogens with zero attached hydrogens (tertiary/aromatic N) is 5. The maximum Gasteiger partial charge on any atom is 0.248 e. The molecule has 0 saturated carbocycles. The molecule has 2 heterocycles. The van der Waals surface area contributed by atoms with Crippen molar-refractivity contribution in [1.82, 2.24) is 25.2 Å². The zero-order chi connectivity index (χ0) is 14.7. The molecule has 21 heavy (non-hydrogen) atoms. The molecule has 0 atom stereocenters. The van der Waals surface area contributed by atoms with E-state index in [0.29, 0.717) is 24.7 Å². The third-order valence-corrected chi connectivity index (χ3v) is 2.97. The molecular formula is C14H14N6O. The highest BCUT2D eigenvalue weighted by atomic mass is 16.4. The van der Waals surface area contributed by atoms with E-state index >= 15 is 0 Å². The third-order valence-electron chi connectivity index (χ3n) is 2.97. The first-order valence-corrected chi connectivity index (χ1v) is 6.47. The number of rotatable bonds is 5. The normalized spacial score (nSPS) is 10.7. The largest absolute Gasteiger partial charge is 0.417 e. The Bertz CT molecular complexity index is 729. The van der Waals surface area contributed by atoms with Crippen LogP contribution in [-0.2, 0) is 0 Å². The lowest BCUT2D eigenvalue weighted by molar-refractivity contribution is 0.550. The quantitative estimate of drug-likeness (QED) is 0.764. The predicted octanol–water partition coefficient (Wildman–Crippen LogP) is 1.68. The molecule has 0 aliphatic carbocycles. The highest BCUT2D eigenvalue weighted by Gasteiger charge is 2.11. The molecule has 106 valence electrons. The highest BCUT2D eigenvalue weighted by Crippen LogP contribution is 2.22. The molecule has 0 saturated heterocycles. The average Bonchev–Trinajstić information content (AvgIpc) is 3.19. The molecule has 2 aromatic heterocycles. The zero-order valence-corrected chi connectivity index (χ0v) is 11.3. The van der Waals surface area contributed by atoms with Gasteiger partial charge in [-0.3, -0.25) is 0 Å². The molecule has 7 nitrogen and oxygen atoms in total. The number of aromatic nitrogens is 5. The topological polar surface area (TPSA) is 95.7 Å². The van der Waals surface area contributed by atoms with Crippen LogP contribution in [0.25, 0.3) is 22.7 Å². The molecule has 0 spiro atoms. The van der Waals surface area contributed by atoms with Crippen LogP contribution in [0.4, 0.5) is 0 Å². The number of nitrogens with two attached hydrogens (primary N) is 1. The van der Waals surface area contributed by atoms with Crippen molar-refractivity contribution < 1.29 is 4.42 Å². The Morgan fingerprint density at radius 1 is 1.24 bits per heavy atom. The van der Waals surface area contributed by atoms with E-state index in [1.54, 1.807) is 17.1 Å². The maximum absolute atomic E-state index is 5.60. The Kier molecular flexibility index (Phi) is 3.57. The number of hydrogen-bond acceptors (Lipinski definition) is 6. The summed E-state index contributed by atoms with van der Waals surface area (Å²) >= 11 is 0. The molecule has 7 heteroatoms. The molecule has 3 aromatic rings. The lowest BCUT2D eigenvalue weighted by Gasteiger charge is -2.00. The first-order valence-electron chi connectivity index (χ1n) is 6.47. The maximum atomic E-state index is 5.60. The Morgan fingerprint density at radius 2 is 2.05 bits per heavy atom. The Balaban J connectivity index is 1.83. The van der Waals surface area contributed by atoms with Crippen molar-refractivity contribution in [2.24, 2.45) is 5.73 Å². The van der Waals surface area contributed by atoms with Crippen LogP contribution in [-0.4, -0.2) is 31.7 Å². The fourth-order valence-corrected chi connectivity index (χ4v) is 1.87. The van der Waals surface area contributed by atoms with E-state index in [9.17, 15) is 0 Å². The Hall–Kier alpha value is -2.80. The molecule has 1 aromatic carbocycles. The SMILES string of the molecule is C=C(CCN)c1nnc(-c2ccc(-n3ccnn3)cc2)o1. The van der Waals surface area contributed by atoms with Gasteiger partial charge in [-0.05, 0) is 37.2 Å². The monoisotopic (exact) mass is 282 g/mol. The minimum Gasteiger partial charge on any atom is -0.417 e. The number of hydrogen-bond donors (Lipinski definition) is 1. The molecule has 2 N–H and O–H groups in total. The number of benzene rings is 1. The first kappa shape index (κ1) is 13.2. The van der Waals surface area contributed by atoms with Crippen molar-refractivity contribution in [3.63, 3.8) is 0 Å². The minimum atomic E-state index is 0.427. The van der Waals surface area contributed by atoms with Crippen molar-refractivity contribution in [2.75, 3.05) is 6.54 Å². The van der Waals surface area contributed by atoms with Gasteiger partial charge in [0.2, 0.25) is 11.8 Å². The summed E-state index contributed by atoms with van der Waals surface area (Å²) in [6.07, 6.45) is 4.03. The highest BCUT2D eigenvalue weighted by molar-refractivity contribution is 5.59. The summed E-state index contributed by atoms with van der Waals surface area (Å²) in [6.45, 7) is 4.38. The third kappa shape index (κ3) is 2.72. The summed E-state index contributed by atoms with van der Waals surface area (Å²) in [7, 11) is 0. The fourth-order valence-electron chi connectivity index (χ4n) is 1.87. The van der Waals surface area contributed by atoms with E-state index in [1.165, 1.54) is 0 Å². The van der Waals surface area contributed by atoms with Crippen molar-refractivity contribution >= 4 is 5.57 Å². The van der Waals surface area contributed by atoms with Crippen LogP contribution < -0.4 is 5.73 Å². The van der Waals surface area contributed by atoms with Crippen LogP contribution >= 0.6 is 0 Å². The molecule has 3 rings (SSSR count). The summed E-state index contributed by atoms with van der Waals surface area (Å²) in [5.74, 6) is 0.879. The van der Waals surface area contributed by atoms with Crippen molar-refractivity contribution in [3.05, 3.63) is 49.1 Å². The van der Waals surface area contributed by atoms with E-state index in [4.69, 9.17) is 10.2 Å². The first-order chi connectivity index (χ1) is 10.3. The van der Waals surface area contributed by atoms with Gasteiger partial charge in [-0.1, -0.05) is 11.8 Å². The molecule has 0 aliphatic heterocycles. The van der Waals surface area contributed by atoms with Crippen LogP contribution in [0.1, 0.15) is 12.3 Å². The van der Waals surface area contributed by atoms with Crippen LogP contribution in [0.15, 0.2) is 47.7 Å². The lowest BCUT2D eigenvalue weighted by atomic mass is 10.2. The average molecular weight is 282 g/mol. The second-order valence-electron chi connectivity index (χ2n) is 4.45.